The molecule has 2 heterocycles. The minimum absolute atomic E-state index is 0.109. The number of methoxy groups -OCH3 is 1. The lowest BCUT2D eigenvalue weighted by atomic mass is 10.1. The lowest BCUT2D eigenvalue weighted by Crippen LogP contribution is -2.03. The second kappa shape index (κ2) is 5.40. The van der Waals surface area contributed by atoms with E-state index in [4.69, 9.17) is 9.15 Å². The van der Waals surface area contributed by atoms with Crippen molar-refractivity contribution in [1.82, 2.24) is 4.98 Å². The van der Waals surface area contributed by atoms with E-state index in [2.05, 4.69) is 4.98 Å². The highest BCUT2D eigenvalue weighted by atomic mass is 16.5. The Bertz CT molecular complexity index is 838. The van der Waals surface area contributed by atoms with Crippen molar-refractivity contribution in [2.45, 2.75) is 13.3 Å². The number of aromatic nitrogens is 1. The standard InChI is InChI=1S/C17H15NO3/c1-3-11-8-15(20-2)17-13(19)10-14(21-16(17)9-11)12-4-6-18-7-5-12/h4-10H,3H2,1-2H3. The van der Waals surface area contributed by atoms with Gasteiger partial charge in [-0.1, -0.05) is 6.92 Å². The molecule has 0 bridgehead atoms. The molecular weight excluding hydrogens is 266 g/mol. The maximum atomic E-state index is 12.4. The van der Waals surface area contributed by atoms with Gasteiger partial charge in [-0.05, 0) is 36.2 Å². The van der Waals surface area contributed by atoms with Gasteiger partial charge in [-0.2, -0.15) is 0 Å². The van der Waals surface area contributed by atoms with Crippen molar-refractivity contribution >= 4 is 11.0 Å². The molecule has 0 radical (unpaired) electrons. The van der Waals surface area contributed by atoms with Gasteiger partial charge in [0.05, 0.1) is 7.11 Å². The van der Waals surface area contributed by atoms with Crippen LogP contribution in [0, 0.1) is 0 Å². The molecule has 0 aliphatic heterocycles. The number of aryl methyl sites for hydroxylation is 1. The molecule has 2 aromatic heterocycles. The minimum Gasteiger partial charge on any atom is -0.496 e. The summed E-state index contributed by atoms with van der Waals surface area (Å²) in [6, 6.07) is 8.89. The van der Waals surface area contributed by atoms with Crippen molar-refractivity contribution in [2.75, 3.05) is 7.11 Å². The highest BCUT2D eigenvalue weighted by Crippen LogP contribution is 2.28. The van der Waals surface area contributed by atoms with Crippen molar-refractivity contribution in [3.05, 3.63) is 58.5 Å². The average molecular weight is 281 g/mol. The first-order valence-corrected chi connectivity index (χ1v) is 6.78. The Labute approximate surface area is 122 Å². The smallest absolute Gasteiger partial charge is 0.197 e. The number of fused-ring (bicyclic) bond motifs is 1. The SMILES string of the molecule is CCc1cc(OC)c2c(=O)cc(-c3ccncc3)oc2c1. The Hall–Kier alpha value is -2.62. The molecule has 21 heavy (non-hydrogen) atoms. The number of ether oxygens (including phenoxy) is 1. The molecule has 3 aromatic rings. The molecule has 0 aliphatic carbocycles. The quantitative estimate of drug-likeness (QED) is 0.738. The van der Waals surface area contributed by atoms with E-state index in [1.54, 1.807) is 19.5 Å². The van der Waals surface area contributed by atoms with E-state index in [9.17, 15) is 4.79 Å². The van der Waals surface area contributed by atoms with E-state index < -0.39 is 0 Å². The van der Waals surface area contributed by atoms with E-state index >= 15 is 0 Å². The Kier molecular flexibility index (Phi) is 3.44. The van der Waals surface area contributed by atoms with Gasteiger partial charge in [-0.25, -0.2) is 0 Å². The largest absolute Gasteiger partial charge is 0.496 e. The third-order valence-electron chi connectivity index (χ3n) is 3.45. The van der Waals surface area contributed by atoms with Crippen LogP contribution in [-0.2, 0) is 6.42 Å². The van der Waals surface area contributed by atoms with Crippen LogP contribution in [0.3, 0.4) is 0 Å². The number of hydrogen-bond acceptors (Lipinski definition) is 4. The van der Waals surface area contributed by atoms with E-state index in [-0.39, 0.29) is 5.43 Å². The van der Waals surface area contributed by atoms with Crippen LogP contribution in [-0.4, -0.2) is 12.1 Å². The summed E-state index contributed by atoms with van der Waals surface area (Å²) in [6.45, 7) is 2.05. The van der Waals surface area contributed by atoms with Gasteiger partial charge in [0.1, 0.15) is 22.5 Å². The van der Waals surface area contributed by atoms with Crippen LogP contribution in [0.5, 0.6) is 5.75 Å². The summed E-state index contributed by atoms with van der Waals surface area (Å²) >= 11 is 0. The van der Waals surface area contributed by atoms with Crippen molar-refractivity contribution < 1.29 is 9.15 Å². The Morgan fingerprint density at radius 3 is 2.62 bits per heavy atom. The Morgan fingerprint density at radius 1 is 1.19 bits per heavy atom. The molecule has 4 heteroatoms. The molecule has 0 atom stereocenters. The van der Waals surface area contributed by atoms with Gasteiger partial charge >= 0.3 is 0 Å². The molecule has 0 spiro atoms. The number of rotatable bonds is 3. The van der Waals surface area contributed by atoms with Crippen LogP contribution in [0.2, 0.25) is 0 Å². The first-order chi connectivity index (χ1) is 10.2. The fourth-order valence-electron chi connectivity index (χ4n) is 2.33. The van der Waals surface area contributed by atoms with E-state index in [1.807, 2.05) is 31.2 Å². The zero-order chi connectivity index (χ0) is 14.8. The second-order valence-corrected chi connectivity index (χ2v) is 4.74. The summed E-state index contributed by atoms with van der Waals surface area (Å²) in [4.78, 5) is 16.4. The van der Waals surface area contributed by atoms with Gasteiger partial charge in [0.25, 0.3) is 0 Å². The summed E-state index contributed by atoms with van der Waals surface area (Å²) in [5, 5.41) is 0.479. The van der Waals surface area contributed by atoms with Crippen LogP contribution in [0.1, 0.15) is 12.5 Å². The maximum absolute atomic E-state index is 12.4. The summed E-state index contributed by atoms with van der Waals surface area (Å²) in [5.41, 5.74) is 2.33. The van der Waals surface area contributed by atoms with Crippen molar-refractivity contribution in [3.8, 4) is 17.1 Å². The fourth-order valence-corrected chi connectivity index (χ4v) is 2.33. The molecular formula is C17H15NO3. The van der Waals surface area contributed by atoms with E-state index in [1.165, 1.54) is 6.07 Å². The molecule has 0 N–H and O–H groups in total. The van der Waals surface area contributed by atoms with Crippen molar-refractivity contribution in [3.63, 3.8) is 0 Å². The van der Waals surface area contributed by atoms with Gasteiger partial charge in [-0.3, -0.25) is 9.78 Å². The zero-order valence-corrected chi connectivity index (χ0v) is 11.9. The van der Waals surface area contributed by atoms with Gasteiger partial charge in [0.15, 0.2) is 5.43 Å². The first kappa shape index (κ1) is 13.4. The number of benzene rings is 1. The van der Waals surface area contributed by atoms with Crippen LogP contribution in [0.15, 0.2) is 51.9 Å². The maximum Gasteiger partial charge on any atom is 0.197 e. The highest BCUT2D eigenvalue weighted by molar-refractivity contribution is 5.85. The number of nitrogens with zero attached hydrogens (tertiary/aromatic N) is 1. The summed E-state index contributed by atoms with van der Waals surface area (Å²) in [5.74, 6) is 1.09. The monoisotopic (exact) mass is 281 g/mol. The van der Waals surface area contributed by atoms with Crippen molar-refractivity contribution in [2.24, 2.45) is 0 Å². The van der Waals surface area contributed by atoms with Gasteiger partial charge in [-0.15, -0.1) is 0 Å². The molecule has 0 amide bonds. The third kappa shape index (κ3) is 2.40. The topological polar surface area (TPSA) is 52.3 Å². The normalized spacial score (nSPS) is 10.8. The first-order valence-electron chi connectivity index (χ1n) is 6.78. The van der Waals surface area contributed by atoms with E-state index in [0.717, 1.165) is 17.5 Å². The minimum atomic E-state index is -0.109. The molecule has 0 fully saturated rings. The van der Waals surface area contributed by atoms with Crippen LogP contribution in [0.25, 0.3) is 22.3 Å². The average Bonchev–Trinajstić information content (AvgIpc) is 2.54. The molecule has 4 nitrogen and oxygen atoms in total. The van der Waals surface area contributed by atoms with Gasteiger partial charge in [0.2, 0.25) is 0 Å². The second-order valence-electron chi connectivity index (χ2n) is 4.74. The third-order valence-corrected chi connectivity index (χ3v) is 3.45. The number of hydrogen-bond donors (Lipinski definition) is 0. The predicted molar refractivity (Wildman–Crippen MR) is 81.6 cm³/mol. The van der Waals surface area contributed by atoms with Gasteiger partial charge < -0.3 is 9.15 Å². The number of pyridine rings is 1. The zero-order valence-electron chi connectivity index (χ0n) is 11.9. The molecule has 0 saturated carbocycles. The molecule has 0 saturated heterocycles. The molecule has 0 aliphatic rings. The molecule has 1 aromatic carbocycles. The summed E-state index contributed by atoms with van der Waals surface area (Å²) < 4.78 is 11.2. The molecule has 106 valence electrons. The Balaban J connectivity index is 2.31. The lowest BCUT2D eigenvalue weighted by molar-refractivity contribution is 0.418. The van der Waals surface area contributed by atoms with Crippen LogP contribution >= 0.6 is 0 Å². The Morgan fingerprint density at radius 2 is 1.95 bits per heavy atom. The van der Waals surface area contributed by atoms with Crippen LogP contribution in [0.4, 0.5) is 0 Å². The molecule has 0 unspecified atom stereocenters. The summed E-state index contributed by atoms with van der Waals surface area (Å²) in [6.07, 6.45) is 4.18. The van der Waals surface area contributed by atoms with Gasteiger partial charge in [0, 0.05) is 24.0 Å². The fraction of sp³-hybridized carbons (Fsp3) is 0.176. The summed E-state index contributed by atoms with van der Waals surface area (Å²) in [7, 11) is 1.56. The van der Waals surface area contributed by atoms with Crippen LogP contribution < -0.4 is 10.2 Å². The highest BCUT2D eigenvalue weighted by Gasteiger charge is 2.12. The van der Waals surface area contributed by atoms with E-state index in [0.29, 0.717) is 22.5 Å². The molecule has 3 rings (SSSR count). The predicted octanol–water partition coefficient (Wildman–Crippen LogP) is 3.43. The lowest BCUT2D eigenvalue weighted by Gasteiger charge is -2.08. The van der Waals surface area contributed by atoms with Crippen molar-refractivity contribution in [1.29, 1.82) is 0 Å².